The van der Waals surface area contributed by atoms with Crippen LogP contribution in [0, 0.1) is 0 Å². The van der Waals surface area contributed by atoms with Gasteiger partial charge in [0.05, 0.1) is 6.10 Å². The number of thiophene rings is 1. The van der Waals surface area contributed by atoms with Crippen LogP contribution in [-0.2, 0) is 6.42 Å². The van der Waals surface area contributed by atoms with Gasteiger partial charge in [0.25, 0.3) is 0 Å². The van der Waals surface area contributed by atoms with Gasteiger partial charge in [0.1, 0.15) is 5.82 Å². The minimum atomic E-state index is -0.487. The summed E-state index contributed by atoms with van der Waals surface area (Å²) >= 11 is 1.64. The molecular formula is C13H12N2OS. The maximum absolute atomic E-state index is 10.1. The first-order chi connectivity index (χ1) is 8.33. The van der Waals surface area contributed by atoms with Gasteiger partial charge in [-0.1, -0.05) is 18.2 Å². The molecule has 0 spiro atoms. The second-order valence-electron chi connectivity index (χ2n) is 3.94. The van der Waals surface area contributed by atoms with Crippen molar-refractivity contribution in [1.29, 1.82) is 0 Å². The van der Waals surface area contributed by atoms with E-state index in [-0.39, 0.29) is 0 Å². The van der Waals surface area contributed by atoms with Crippen LogP contribution in [0.2, 0.25) is 0 Å². The summed E-state index contributed by atoms with van der Waals surface area (Å²) in [6.07, 6.45) is 3.51. The number of nitrogens with zero attached hydrogens (tertiary/aromatic N) is 1. The highest BCUT2D eigenvalue weighted by atomic mass is 32.1. The number of rotatable bonds is 3. The van der Waals surface area contributed by atoms with Crippen LogP contribution in [-0.4, -0.2) is 15.1 Å². The normalized spacial score (nSPS) is 13.0. The first kappa shape index (κ1) is 10.5. The molecule has 3 nitrogen and oxygen atoms in total. The Bertz CT molecular complexity index is 582. The first-order valence-electron chi connectivity index (χ1n) is 5.48. The Labute approximate surface area is 103 Å². The van der Waals surface area contributed by atoms with Crippen molar-refractivity contribution in [3.05, 3.63) is 53.4 Å². The average molecular weight is 244 g/mol. The topological polar surface area (TPSA) is 48.9 Å². The molecular weight excluding hydrogens is 232 g/mol. The third-order valence-electron chi connectivity index (χ3n) is 2.71. The number of aromatic amines is 1. The van der Waals surface area contributed by atoms with Crippen LogP contribution in [0.4, 0.5) is 0 Å². The summed E-state index contributed by atoms with van der Waals surface area (Å²) in [5.74, 6) is 0.815. The maximum atomic E-state index is 10.1. The van der Waals surface area contributed by atoms with Gasteiger partial charge in [-0.2, -0.15) is 0 Å². The fraction of sp³-hybridized carbons (Fsp3) is 0.154. The minimum absolute atomic E-state index is 0.487. The van der Waals surface area contributed by atoms with Crippen LogP contribution >= 0.6 is 11.3 Å². The number of hydrogen-bond acceptors (Lipinski definition) is 3. The van der Waals surface area contributed by atoms with Gasteiger partial charge >= 0.3 is 0 Å². The van der Waals surface area contributed by atoms with Gasteiger partial charge in [0.2, 0.25) is 0 Å². The third kappa shape index (κ3) is 2.09. The zero-order valence-corrected chi connectivity index (χ0v) is 9.95. The van der Waals surface area contributed by atoms with E-state index in [1.54, 1.807) is 23.7 Å². The van der Waals surface area contributed by atoms with Crippen LogP contribution in [0.15, 0.2) is 42.7 Å². The van der Waals surface area contributed by atoms with E-state index in [1.165, 1.54) is 10.1 Å². The lowest BCUT2D eigenvalue weighted by atomic mass is 10.2. The number of hydrogen-bond donors (Lipinski definition) is 2. The molecule has 0 bridgehead atoms. The Morgan fingerprint density at radius 1 is 1.35 bits per heavy atom. The molecule has 0 aliphatic heterocycles. The van der Waals surface area contributed by atoms with E-state index in [4.69, 9.17) is 0 Å². The first-order valence-corrected chi connectivity index (χ1v) is 6.29. The fourth-order valence-corrected chi connectivity index (χ4v) is 2.91. The summed E-state index contributed by atoms with van der Waals surface area (Å²) in [6.45, 7) is 0. The highest BCUT2D eigenvalue weighted by Gasteiger charge is 2.13. The van der Waals surface area contributed by atoms with Crippen molar-refractivity contribution in [1.82, 2.24) is 9.97 Å². The van der Waals surface area contributed by atoms with Crippen LogP contribution in [0.3, 0.4) is 0 Å². The molecule has 0 radical (unpaired) electrons. The molecule has 4 heteroatoms. The van der Waals surface area contributed by atoms with E-state index < -0.39 is 6.10 Å². The molecule has 1 atom stereocenters. The molecule has 0 amide bonds. The van der Waals surface area contributed by atoms with Gasteiger partial charge in [0.15, 0.2) is 0 Å². The van der Waals surface area contributed by atoms with Crippen molar-refractivity contribution in [2.75, 3.05) is 0 Å². The molecule has 0 saturated carbocycles. The van der Waals surface area contributed by atoms with E-state index in [0.29, 0.717) is 6.42 Å². The number of aliphatic hydroxyl groups is 1. The maximum Gasteiger partial charge on any atom is 0.108 e. The predicted molar refractivity (Wildman–Crippen MR) is 69.1 cm³/mol. The second-order valence-corrected chi connectivity index (χ2v) is 5.06. The molecule has 3 rings (SSSR count). The van der Waals surface area contributed by atoms with Crippen molar-refractivity contribution >= 4 is 21.4 Å². The lowest BCUT2D eigenvalue weighted by molar-refractivity contribution is 0.180. The van der Waals surface area contributed by atoms with Crippen molar-refractivity contribution in [3.8, 4) is 0 Å². The zero-order valence-electron chi connectivity index (χ0n) is 9.13. The number of imidazole rings is 1. The monoisotopic (exact) mass is 244 g/mol. The van der Waals surface area contributed by atoms with Crippen molar-refractivity contribution in [3.63, 3.8) is 0 Å². The summed E-state index contributed by atoms with van der Waals surface area (Å²) in [5.41, 5.74) is 0. The Morgan fingerprint density at radius 3 is 3.00 bits per heavy atom. The highest BCUT2D eigenvalue weighted by molar-refractivity contribution is 7.19. The Kier molecular flexibility index (Phi) is 2.66. The Balaban J connectivity index is 1.88. The van der Waals surface area contributed by atoms with Crippen molar-refractivity contribution < 1.29 is 5.11 Å². The van der Waals surface area contributed by atoms with Gasteiger partial charge in [0, 0.05) is 28.4 Å². The van der Waals surface area contributed by atoms with Gasteiger partial charge in [-0.15, -0.1) is 11.3 Å². The number of nitrogens with one attached hydrogen (secondary N) is 1. The molecule has 0 aliphatic rings. The number of aromatic nitrogens is 2. The lowest BCUT2D eigenvalue weighted by Gasteiger charge is -2.05. The summed E-state index contributed by atoms with van der Waals surface area (Å²) in [6, 6.07) is 10.2. The van der Waals surface area contributed by atoms with Crippen LogP contribution in [0.1, 0.15) is 16.8 Å². The number of fused-ring (bicyclic) bond motifs is 1. The zero-order chi connectivity index (χ0) is 11.7. The number of aliphatic hydroxyl groups excluding tert-OH is 1. The molecule has 0 saturated heterocycles. The smallest absolute Gasteiger partial charge is 0.108 e. The fourth-order valence-electron chi connectivity index (χ4n) is 1.86. The summed E-state index contributed by atoms with van der Waals surface area (Å²) in [7, 11) is 0. The van der Waals surface area contributed by atoms with Gasteiger partial charge in [-0.3, -0.25) is 0 Å². The molecule has 2 aromatic heterocycles. The summed E-state index contributed by atoms with van der Waals surface area (Å²) in [4.78, 5) is 8.12. The molecule has 0 fully saturated rings. The average Bonchev–Trinajstić information content (AvgIpc) is 2.96. The summed E-state index contributed by atoms with van der Waals surface area (Å²) in [5, 5.41) is 11.3. The highest BCUT2D eigenvalue weighted by Crippen LogP contribution is 2.30. The molecule has 1 aromatic carbocycles. The summed E-state index contributed by atoms with van der Waals surface area (Å²) < 4.78 is 1.21. The lowest BCUT2D eigenvalue weighted by Crippen LogP contribution is -2.00. The third-order valence-corrected chi connectivity index (χ3v) is 3.93. The van der Waals surface area contributed by atoms with Gasteiger partial charge < -0.3 is 10.1 Å². The van der Waals surface area contributed by atoms with Gasteiger partial charge in [-0.25, -0.2) is 4.98 Å². The molecule has 2 N–H and O–H groups in total. The minimum Gasteiger partial charge on any atom is -0.387 e. The Morgan fingerprint density at radius 2 is 2.24 bits per heavy atom. The second kappa shape index (κ2) is 4.31. The molecule has 3 aromatic rings. The van der Waals surface area contributed by atoms with Crippen LogP contribution in [0.5, 0.6) is 0 Å². The van der Waals surface area contributed by atoms with E-state index >= 15 is 0 Å². The predicted octanol–water partition coefficient (Wildman–Crippen LogP) is 2.90. The molecule has 0 aliphatic carbocycles. The molecule has 17 heavy (non-hydrogen) atoms. The van der Waals surface area contributed by atoms with E-state index in [2.05, 4.69) is 22.1 Å². The van der Waals surface area contributed by atoms with Crippen molar-refractivity contribution in [2.24, 2.45) is 0 Å². The van der Waals surface area contributed by atoms with E-state index in [0.717, 1.165) is 10.7 Å². The quantitative estimate of drug-likeness (QED) is 0.744. The SMILES string of the molecule is OC(Cc1ncc[nH]1)c1cc2ccccc2s1. The van der Waals surface area contributed by atoms with Crippen LogP contribution in [0.25, 0.3) is 10.1 Å². The van der Waals surface area contributed by atoms with E-state index in [1.807, 2.05) is 18.2 Å². The number of benzene rings is 1. The van der Waals surface area contributed by atoms with Gasteiger partial charge in [-0.05, 0) is 17.5 Å². The molecule has 2 heterocycles. The molecule has 86 valence electrons. The standard InChI is InChI=1S/C13H12N2OS/c16-10(8-13-14-5-6-15-13)12-7-9-3-1-2-4-11(9)17-12/h1-7,10,16H,8H2,(H,14,15). The number of H-pyrrole nitrogens is 1. The molecule has 1 unspecified atom stereocenters. The van der Waals surface area contributed by atoms with Crippen molar-refractivity contribution in [2.45, 2.75) is 12.5 Å². The van der Waals surface area contributed by atoms with E-state index in [9.17, 15) is 5.11 Å². The van der Waals surface area contributed by atoms with Crippen LogP contribution < -0.4 is 0 Å². The Hall–Kier alpha value is -1.65. The largest absolute Gasteiger partial charge is 0.387 e.